The van der Waals surface area contributed by atoms with Crippen molar-refractivity contribution in [2.45, 2.75) is 52.6 Å². The van der Waals surface area contributed by atoms with Gasteiger partial charge in [0.05, 0.1) is 0 Å². The van der Waals surface area contributed by atoms with Crippen LogP contribution in [0.1, 0.15) is 56.8 Å². The molecule has 2 rings (SSSR count). The molecule has 1 atom stereocenters. The summed E-state index contributed by atoms with van der Waals surface area (Å²) >= 11 is 0. The predicted octanol–water partition coefficient (Wildman–Crippen LogP) is 2.67. The van der Waals surface area contributed by atoms with E-state index in [0.29, 0.717) is 5.82 Å². The van der Waals surface area contributed by atoms with Crippen LogP contribution in [0.3, 0.4) is 0 Å². The molecule has 0 fully saturated rings. The molecule has 1 heterocycles. The minimum atomic E-state index is -0.118. The zero-order valence-electron chi connectivity index (χ0n) is 11.8. The minimum Gasteiger partial charge on any atom is -0.383 e. The second-order valence-electron chi connectivity index (χ2n) is 6.08. The summed E-state index contributed by atoms with van der Waals surface area (Å²) in [7, 11) is 1.70. The van der Waals surface area contributed by atoms with Crippen LogP contribution in [0.25, 0.3) is 0 Å². The molecular weight excluding hydrogens is 226 g/mol. The van der Waals surface area contributed by atoms with E-state index in [0.717, 1.165) is 29.9 Å². The fraction of sp³-hybridized carbons (Fsp3) is 0.714. The van der Waals surface area contributed by atoms with E-state index in [9.17, 15) is 0 Å². The van der Waals surface area contributed by atoms with Crippen LogP contribution in [-0.4, -0.2) is 17.1 Å². The molecule has 4 heteroatoms. The summed E-state index contributed by atoms with van der Waals surface area (Å²) < 4.78 is 5.57. The van der Waals surface area contributed by atoms with Gasteiger partial charge in [-0.2, -0.15) is 0 Å². The highest BCUT2D eigenvalue weighted by atomic mass is 16.5. The van der Waals surface area contributed by atoms with Crippen molar-refractivity contribution in [3.05, 3.63) is 17.1 Å². The molecule has 100 valence electrons. The van der Waals surface area contributed by atoms with Crippen LogP contribution in [0.5, 0.6) is 0 Å². The van der Waals surface area contributed by atoms with E-state index in [1.165, 1.54) is 12.8 Å². The molecule has 0 saturated heterocycles. The minimum absolute atomic E-state index is 0.0376. The highest BCUT2D eigenvalue weighted by molar-refractivity contribution is 5.43. The summed E-state index contributed by atoms with van der Waals surface area (Å²) in [6, 6.07) is 0. The molecule has 1 unspecified atom stereocenters. The monoisotopic (exact) mass is 249 g/mol. The lowest BCUT2D eigenvalue weighted by atomic mass is 9.88. The first-order valence-electron chi connectivity index (χ1n) is 6.61. The molecule has 0 saturated carbocycles. The van der Waals surface area contributed by atoms with Crippen molar-refractivity contribution < 1.29 is 4.74 Å². The smallest absolute Gasteiger partial charge is 0.160 e. The molecule has 18 heavy (non-hydrogen) atoms. The van der Waals surface area contributed by atoms with E-state index in [1.807, 2.05) is 0 Å². The molecule has 0 aromatic carbocycles. The van der Waals surface area contributed by atoms with Gasteiger partial charge < -0.3 is 10.5 Å². The Balaban J connectivity index is 2.43. The number of ether oxygens (including phenoxy) is 1. The van der Waals surface area contributed by atoms with Crippen LogP contribution in [0.4, 0.5) is 5.82 Å². The SMILES string of the molecule is COC(c1nc(N)c2c(n1)CCCC2)C(C)(C)C. The zero-order valence-corrected chi connectivity index (χ0v) is 11.8. The highest BCUT2D eigenvalue weighted by Crippen LogP contribution is 2.35. The number of fused-ring (bicyclic) bond motifs is 1. The van der Waals surface area contributed by atoms with E-state index < -0.39 is 0 Å². The van der Waals surface area contributed by atoms with E-state index in [-0.39, 0.29) is 11.5 Å². The second kappa shape index (κ2) is 4.84. The van der Waals surface area contributed by atoms with Crippen LogP contribution in [-0.2, 0) is 17.6 Å². The number of aryl methyl sites for hydroxylation is 1. The summed E-state index contributed by atoms with van der Waals surface area (Å²) in [6.07, 6.45) is 4.28. The summed E-state index contributed by atoms with van der Waals surface area (Å²) in [5.41, 5.74) is 8.30. The van der Waals surface area contributed by atoms with Gasteiger partial charge in [-0.15, -0.1) is 0 Å². The Morgan fingerprint density at radius 1 is 1.17 bits per heavy atom. The molecular formula is C14H23N3O. The molecule has 1 aromatic heterocycles. The third-order valence-corrected chi connectivity index (χ3v) is 3.49. The Morgan fingerprint density at radius 3 is 2.44 bits per heavy atom. The molecule has 0 aliphatic heterocycles. The molecule has 4 nitrogen and oxygen atoms in total. The number of anilines is 1. The van der Waals surface area contributed by atoms with Crippen LogP contribution in [0.15, 0.2) is 0 Å². The van der Waals surface area contributed by atoms with Crippen molar-refractivity contribution in [3.8, 4) is 0 Å². The molecule has 0 amide bonds. The van der Waals surface area contributed by atoms with Crippen LogP contribution < -0.4 is 5.73 Å². The van der Waals surface area contributed by atoms with Gasteiger partial charge in [-0.1, -0.05) is 20.8 Å². The number of hydrogen-bond acceptors (Lipinski definition) is 4. The van der Waals surface area contributed by atoms with Crippen LogP contribution in [0, 0.1) is 5.41 Å². The number of rotatable bonds is 2. The van der Waals surface area contributed by atoms with Gasteiger partial charge in [-0.3, -0.25) is 0 Å². The average Bonchev–Trinajstić information content (AvgIpc) is 2.28. The maximum Gasteiger partial charge on any atom is 0.160 e. The van der Waals surface area contributed by atoms with Crippen molar-refractivity contribution in [1.29, 1.82) is 0 Å². The first kappa shape index (κ1) is 13.3. The third kappa shape index (κ3) is 2.48. The van der Waals surface area contributed by atoms with Crippen molar-refractivity contribution in [2.24, 2.45) is 5.41 Å². The standard InChI is InChI=1S/C14H23N3O/c1-14(2,3)11(18-4)13-16-10-8-6-5-7-9(10)12(15)17-13/h11H,5-8H2,1-4H3,(H2,15,16,17). The number of nitrogens with two attached hydrogens (primary N) is 1. The summed E-state index contributed by atoms with van der Waals surface area (Å²) in [5, 5.41) is 0. The summed E-state index contributed by atoms with van der Waals surface area (Å²) in [5.74, 6) is 1.36. The van der Waals surface area contributed by atoms with Crippen molar-refractivity contribution >= 4 is 5.82 Å². The Kier molecular flexibility index (Phi) is 3.57. The first-order valence-corrected chi connectivity index (χ1v) is 6.61. The summed E-state index contributed by atoms with van der Waals surface area (Å²) in [4.78, 5) is 9.16. The molecule has 1 aromatic rings. The molecule has 2 N–H and O–H groups in total. The molecule has 1 aliphatic carbocycles. The Morgan fingerprint density at radius 2 is 1.83 bits per heavy atom. The second-order valence-corrected chi connectivity index (χ2v) is 6.08. The molecule has 1 aliphatic rings. The van der Waals surface area contributed by atoms with Gasteiger partial charge in [0, 0.05) is 18.4 Å². The van der Waals surface area contributed by atoms with Crippen molar-refractivity contribution in [2.75, 3.05) is 12.8 Å². The number of aromatic nitrogens is 2. The average molecular weight is 249 g/mol. The zero-order chi connectivity index (χ0) is 13.3. The van der Waals surface area contributed by atoms with Gasteiger partial charge in [0.1, 0.15) is 11.9 Å². The van der Waals surface area contributed by atoms with Crippen molar-refractivity contribution in [3.63, 3.8) is 0 Å². The number of hydrogen-bond donors (Lipinski definition) is 1. The van der Waals surface area contributed by atoms with Gasteiger partial charge in [0.2, 0.25) is 0 Å². The van der Waals surface area contributed by atoms with E-state index in [1.54, 1.807) is 7.11 Å². The first-order chi connectivity index (χ1) is 8.43. The number of methoxy groups -OCH3 is 1. The maximum atomic E-state index is 6.07. The van der Waals surface area contributed by atoms with Gasteiger partial charge in [0.25, 0.3) is 0 Å². The largest absolute Gasteiger partial charge is 0.383 e. The molecule has 0 bridgehead atoms. The highest BCUT2D eigenvalue weighted by Gasteiger charge is 2.30. The number of nitrogen functional groups attached to an aromatic ring is 1. The Bertz CT molecular complexity index is 437. The number of nitrogens with zero attached hydrogens (tertiary/aromatic N) is 2. The quantitative estimate of drug-likeness (QED) is 0.875. The molecule has 0 spiro atoms. The van der Waals surface area contributed by atoms with Gasteiger partial charge in [-0.05, 0) is 31.1 Å². The van der Waals surface area contributed by atoms with E-state index >= 15 is 0 Å². The van der Waals surface area contributed by atoms with Gasteiger partial charge >= 0.3 is 0 Å². The third-order valence-electron chi connectivity index (χ3n) is 3.49. The summed E-state index contributed by atoms with van der Waals surface area (Å²) in [6.45, 7) is 6.38. The lowest BCUT2D eigenvalue weighted by Gasteiger charge is -2.29. The Hall–Kier alpha value is -1.16. The van der Waals surface area contributed by atoms with Crippen LogP contribution in [0.2, 0.25) is 0 Å². The van der Waals surface area contributed by atoms with E-state index in [2.05, 4.69) is 25.8 Å². The topological polar surface area (TPSA) is 61.0 Å². The Labute approximate surface area is 109 Å². The maximum absolute atomic E-state index is 6.07. The predicted molar refractivity (Wildman–Crippen MR) is 72.3 cm³/mol. The lowest BCUT2D eigenvalue weighted by molar-refractivity contribution is 0.00856. The van der Waals surface area contributed by atoms with Gasteiger partial charge in [0.15, 0.2) is 5.82 Å². The van der Waals surface area contributed by atoms with Crippen molar-refractivity contribution in [1.82, 2.24) is 9.97 Å². The fourth-order valence-corrected chi connectivity index (χ4v) is 2.61. The molecule has 0 radical (unpaired) electrons. The normalized spacial score (nSPS) is 17.3. The fourth-order valence-electron chi connectivity index (χ4n) is 2.61. The van der Waals surface area contributed by atoms with Gasteiger partial charge in [-0.25, -0.2) is 9.97 Å². The lowest BCUT2D eigenvalue weighted by Crippen LogP contribution is -2.24. The van der Waals surface area contributed by atoms with Crippen LogP contribution >= 0.6 is 0 Å². The van der Waals surface area contributed by atoms with E-state index in [4.69, 9.17) is 15.5 Å².